The molecule has 0 rings (SSSR count). The van der Waals surface area contributed by atoms with Crippen LogP contribution in [0.5, 0.6) is 0 Å². The molecule has 0 aromatic rings. The monoisotopic (exact) mass is 152 g/mol. The fraction of sp³-hybridized carbons (Fsp3) is 0.200. The molecule has 0 N–H and O–H groups in total. The molecule has 0 bridgehead atoms. The van der Waals surface area contributed by atoms with Crippen LogP contribution in [0.15, 0.2) is 48.4 Å². The van der Waals surface area contributed by atoms with Gasteiger partial charge in [-0.15, -0.1) is 0 Å². The van der Waals surface area contributed by atoms with Gasteiger partial charge in [0.2, 0.25) is 0 Å². The van der Waals surface area contributed by atoms with Gasteiger partial charge in [0.15, 0.2) is 0 Å². The van der Waals surface area contributed by atoms with Gasteiger partial charge in [0.1, 0.15) is 5.83 Å². The summed E-state index contributed by atoms with van der Waals surface area (Å²) >= 11 is 0. The first-order valence-electron chi connectivity index (χ1n) is 3.50. The Hall–Kier alpha value is -1.11. The van der Waals surface area contributed by atoms with Crippen molar-refractivity contribution in [2.45, 2.75) is 13.8 Å². The average molecular weight is 152 g/mol. The van der Waals surface area contributed by atoms with Crippen LogP contribution in [0, 0.1) is 0 Å². The van der Waals surface area contributed by atoms with Gasteiger partial charge in [-0.25, -0.2) is 4.39 Å². The second-order valence-electron chi connectivity index (χ2n) is 2.17. The van der Waals surface area contributed by atoms with Crippen LogP contribution in [0.3, 0.4) is 0 Å². The maximum atomic E-state index is 12.4. The number of rotatable bonds is 3. The maximum Gasteiger partial charge on any atom is 0.122 e. The average Bonchev–Trinajstić information content (AvgIpc) is 2.01. The SMILES string of the molecule is C=C\C(F)=C/C=C(C)\C=C\C. The number of hydrogen-bond donors (Lipinski definition) is 0. The Morgan fingerprint density at radius 2 is 2.00 bits per heavy atom. The third-order valence-electron chi connectivity index (χ3n) is 1.13. The predicted molar refractivity (Wildman–Crippen MR) is 48.0 cm³/mol. The lowest BCUT2D eigenvalue weighted by atomic mass is 10.2. The zero-order valence-electron chi connectivity index (χ0n) is 6.97. The summed E-state index contributed by atoms with van der Waals surface area (Å²) in [5.74, 6) is -0.311. The lowest BCUT2D eigenvalue weighted by Gasteiger charge is -1.86. The first-order chi connectivity index (χ1) is 5.20. The minimum atomic E-state index is -0.311. The number of hydrogen-bond acceptors (Lipinski definition) is 0. The van der Waals surface area contributed by atoms with Gasteiger partial charge in [-0.3, -0.25) is 0 Å². The zero-order chi connectivity index (χ0) is 8.69. The van der Waals surface area contributed by atoms with Crippen molar-refractivity contribution in [3.05, 3.63) is 48.4 Å². The van der Waals surface area contributed by atoms with Crippen molar-refractivity contribution < 1.29 is 4.39 Å². The van der Waals surface area contributed by atoms with Gasteiger partial charge in [0.05, 0.1) is 0 Å². The van der Waals surface area contributed by atoms with E-state index in [4.69, 9.17) is 0 Å². The lowest BCUT2D eigenvalue weighted by Crippen LogP contribution is -1.66. The summed E-state index contributed by atoms with van der Waals surface area (Å²) in [5.41, 5.74) is 1.02. The van der Waals surface area contributed by atoms with Crippen LogP contribution in [0.1, 0.15) is 13.8 Å². The van der Waals surface area contributed by atoms with Crippen molar-refractivity contribution in [2.24, 2.45) is 0 Å². The highest BCUT2D eigenvalue weighted by Gasteiger charge is 1.81. The molecular formula is C10H13F. The fourth-order valence-corrected chi connectivity index (χ4v) is 0.598. The Kier molecular flexibility index (Phi) is 5.09. The van der Waals surface area contributed by atoms with Crippen molar-refractivity contribution in [2.75, 3.05) is 0 Å². The van der Waals surface area contributed by atoms with E-state index in [0.717, 1.165) is 5.57 Å². The molecule has 0 unspecified atom stereocenters. The summed E-state index contributed by atoms with van der Waals surface area (Å²) in [6, 6.07) is 0. The van der Waals surface area contributed by atoms with Gasteiger partial charge in [-0.1, -0.05) is 30.4 Å². The Bertz CT molecular complexity index is 207. The smallest absolute Gasteiger partial charge is 0.122 e. The van der Waals surface area contributed by atoms with Gasteiger partial charge in [0, 0.05) is 0 Å². The molecule has 60 valence electrons. The summed E-state index contributed by atoms with van der Waals surface area (Å²) in [6.45, 7) is 7.13. The molecule has 0 aromatic heterocycles. The molecule has 11 heavy (non-hydrogen) atoms. The van der Waals surface area contributed by atoms with E-state index in [2.05, 4.69) is 6.58 Å². The molecule has 0 saturated carbocycles. The highest BCUT2D eigenvalue weighted by Crippen LogP contribution is 2.00. The van der Waals surface area contributed by atoms with Gasteiger partial charge >= 0.3 is 0 Å². The Morgan fingerprint density at radius 1 is 1.36 bits per heavy atom. The van der Waals surface area contributed by atoms with Crippen molar-refractivity contribution in [3.63, 3.8) is 0 Å². The van der Waals surface area contributed by atoms with E-state index < -0.39 is 0 Å². The van der Waals surface area contributed by atoms with E-state index in [1.807, 2.05) is 26.0 Å². The van der Waals surface area contributed by atoms with Crippen LogP contribution in [-0.2, 0) is 0 Å². The van der Waals surface area contributed by atoms with Crippen LogP contribution in [0.4, 0.5) is 4.39 Å². The summed E-state index contributed by atoms with van der Waals surface area (Å²) in [5, 5.41) is 0. The van der Waals surface area contributed by atoms with Crippen LogP contribution in [0.2, 0.25) is 0 Å². The largest absolute Gasteiger partial charge is 0.207 e. The summed E-state index contributed by atoms with van der Waals surface area (Å²) in [7, 11) is 0. The summed E-state index contributed by atoms with van der Waals surface area (Å²) in [4.78, 5) is 0. The van der Waals surface area contributed by atoms with E-state index in [-0.39, 0.29) is 5.83 Å². The Morgan fingerprint density at radius 3 is 2.45 bits per heavy atom. The third-order valence-corrected chi connectivity index (χ3v) is 1.13. The maximum absolute atomic E-state index is 12.4. The molecule has 0 aliphatic heterocycles. The fourth-order valence-electron chi connectivity index (χ4n) is 0.598. The van der Waals surface area contributed by atoms with E-state index in [9.17, 15) is 4.39 Å². The third kappa shape index (κ3) is 5.34. The van der Waals surface area contributed by atoms with Crippen LogP contribution >= 0.6 is 0 Å². The van der Waals surface area contributed by atoms with E-state index in [1.54, 1.807) is 6.08 Å². The minimum absolute atomic E-state index is 0.311. The summed E-state index contributed by atoms with van der Waals surface area (Å²) < 4.78 is 12.4. The van der Waals surface area contributed by atoms with Crippen molar-refractivity contribution in [1.82, 2.24) is 0 Å². The van der Waals surface area contributed by atoms with Crippen LogP contribution in [-0.4, -0.2) is 0 Å². The molecule has 0 heterocycles. The topological polar surface area (TPSA) is 0 Å². The first kappa shape index (κ1) is 9.89. The molecule has 0 radical (unpaired) electrons. The van der Waals surface area contributed by atoms with Gasteiger partial charge < -0.3 is 0 Å². The molecule has 0 atom stereocenters. The molecule has 0 aliphatic carbocycles. The quantitative estimate of drug-likeness (QED) is 0.542. The Labute approximate surface area is 67.4 Å². The van der Waals surface area contributed by atoms with Crippen LogP contribution in [0.25, 0.3) is 0 Å². The normalized spacial score (nSPS) is 14.1. The van der Waals surface area contributed by atoms with Crippen molar-refractivity contribution in [1.29, 1.82) is 0 Å². The minimum Gasteiger partial charge on any atom is -0.207 e. The van der Waals surface area contributed by atoms with Crippen LogP contribution < -0.4 is 0 Å². The molecule has 0 spiro atoms. The Balaban J connectivity index is 4.21. The standard InChI is InChI=1S/C10H13F/c1-4-6-9(3)7-8-10(11)5-2/h4-8H,2H2,1,3H3/b6-4+,9-7-,10-8+. The zero-order valence-corrected chi connectivity index (χ0v) is 6.97. The number of halogens is 1. The summed E-state index contributed by atoms with van der Waals surface area (Å²) in [6.07, 6.45) is 8.09. The van der Waals surface area contributed by atoms with E-state index in [1.165, 1.54) is 12.2 Å². The van der Waals surface area contributed by atoms with E-state index >= 15 is 0 Å². The van der Waals surface area contributed by atoms with Crippen molar-refractivity contribution in [3.8, 4) is 0 Å². The second-order valence-corrected chi connectivity index (χ2v) is 2.17. The molecule has 0 aromatic carbocycles. The molecule has 0 saturated heterocycles. The van der Waals surface area contributed by atoms with Gasteiger partial charge in [0.25, 0.3) is 0 Å². The molecule has 0 amide bonds. The molecular weight excluding hydrogens is 139 g/mol. The molecule has 0 aliphatic rings. The van der Waals surface area contributed by atoms with Crippen molar-refractivity contribution >= 4 is 0 Å². The second kappa shape index (κ2) is 5.66. The lowest BCUT2D eigenvalue weighted by molar-refractivity contribution is 0.668. The first-order valence-corrected chi connectivity index (χ1v) is 3.50. The highest BCUT2D eigenvalue weighted by atomic mass is 19.1. The van der Waals surface area contributed by atoms with Gasteiger partial charge in [-0.05, 0) is 26.0 Å². The predicted octanol–water partition coefficient (Wildman–Crippen LogP) is 3.55. The number of allylic oxidation sites excluding steroid dienone is 7. The molecule has 1 heteroatoms. The van der Waals surface area contributed by atoms with E-state index in [0.29, 0.717) is 0 Å². The molecule has 0 fully saturated rings. The van der Waals surface area contributed by atoms with Gasteiger partial charge in [-0.2, -0.15) is 0 Å². The molecule has 0 nitrogen and oxygen atoms in total. The highest BCUT2D eigenvalue weighted by molar-refractivity contribution is 5.24.